The summed E-state index contributed by atoms with van der Waals surface area (Å²) in [6, 6.07) is 92.0. The van der Waals surface area contributed by atoms with Gasteiger partial charge in [0.15, 0.2) is 0 Å². The van der Waals surface area contributed by atoms with Crippen molar-refractivity contribution >= 4 is 99.5 Å². The first-order valence-corrected chi connectivity index (χ1v) is 26.5. The Balaban J connectivity index is 0.939. The van der Waals surface area contributed by atoms with Crippen LogP contribution >= 0.6 is 0 Å². The molecule has 7 nitrogen and oxygen atoms in total. The number of nitrogens with zero attached hydrogens (tertiary/aromatic N) is 7. The number of para-hydroxylation sites is 6. The minimum Gasteiger partial charge on any atom is -0.310 e. The van der Waals surface area contributed by atoms with Gasteiger partial charge in [0, 0.05) is 96.9 Å². The van der Waals surface area contributed by atoms with E-state index in [1.54, 1.807) is 0 Å². The highest BCUT2D eigenvalue weighted by atomic mass is 15.2. The molecule has 0 N–H and O–H groups in total. The third-order valence-electron chi connectivity index (χ3n) is 15.5. The first kappa shape index (κ1) is 44.9. The number of anilines is 6. The fourth-order valence-corrected chi connectivity index (χ4v) is 12.0. The van der Waals surface area contributed by atoms with E-state index in [2.05, 4.69) is 295 Å². The maximum absolute atomic E-state index is 4.60. The Labute approximate surface area is 451 Å². The summed E-state index contributed by atoms with van der Waals surface area (Å²) in [5.74, 6) is 0. The molecule has 368 valence electrons. The van der Waals surface area contributed by atoms with E-state index < -0.39 is 0 Å². The Morgan fingerprint density at radius 3 is 1.08 bits per heavy atom. The van der Waals surface area contributed by atoms with Gasteiger partial charge in [0.1, 0.15) is 0 Å². The lowest BCUT2D eigenvalue weighted by atomic mass is 9.99. The van der Waals surface area contributed by atoms with E-state index in [1.807, 2.05) is 24.8 Å². The van der Waals surface area contributed by atoms with Crippen molar-refractivity contribution in [1.82, 2.24) is 23.7 Å². The number of fused-ring (bicyclic) bond motifs is 9. The highest BCUT2D eigenvalue weighted by Gasteiger charge is 2.23. The molecule has 5 aromatic heterocycles. The quantitative estimate of drug-likeness (QED) is 0.137. The third kappa shape index (κ3) is 7.28. The number of rotatable bonds is 10. The van der Waals surface area contributed by atoms with Crippen LogP contribution in [0.25, 0.3) is 93.6 Å². The first-order valence-electron chi connectivity index (χ1n) is 26.5. The molecule has 5 heterocycles. The molecule has 15 aromatic rings. The molecule has 78 heavy (non-hydrogen) atoms. The van der Waals surface area contributed by atoms with Crippen LogP contribution in [-0.2, 0) is 0 Å². The van der Waals surface area contributed by atoms with Crippen LogP contribution in [0.15, 0.2) is 280 Å². The summed E-state index contributed by atoms with van der Waals surface area (Å²) in [5, 5.41) is 6.90. The monoisotopic (exact) mass is 999 g/mol. The van der Waals surface area contributed by atoms with E-state index in [1.165, 1.54) is 10.8 Å². The molecule has 0 unspecified atom stereocenters. The van der Waals surface area contributed by atoms with Crippen LogP contribution in [0.3, 0.4) is 0 Å². The van der Waals surface area contributed by atoms with Crippen LogP contribution in [0.1, 0.15) is 5.56 Å². The first-order chi connectivity index (χ1) is 38.6. The van der Waals surface area contributed by atoms with Crippen LogP contribution in [0.2, 0.25) is 0 Å². The van der Waals surface area contributed by atoms with Crippen molar-refractivity contribution in [2.75, 3.05) is 9.80 Å². The lowest BCUT2D eigenvalue weighted by molar-refractivity contribution is 1.09. The molecule has 15 rings (SSSR count). The largest absolute Gasteiger partial charge is 0.310 e. The van der Waals surface area contributed by atoms with Gasteiger partial charge in [-0.15, -0.1) is 0 Å². The van der Waals surface area contributed by atoms with Crippen molar-refractivity contribution in [3.8, 4) is 28.2 Å². The molecule has 0 aliphatic heterocycles. The normalized spacial score (nSPS) is 11.7. The van der Waals surface area contributed by atoms with Gasteiger partial charge in [0.25, 0.3) is 0 Å². The van der Waals surface area contributed by atoms with Gasteiger partial charge in [-0.25, -0.2) is 0 Å². The van der Waals surface area contributed by atoms with E-state index >= 15 is 0 Å². The van der Waals surface area contributed by atoms with E-state index in [9.17, 15) is 0 Å². The zero-order valence-electron chi connectivity index (χ0n) is 42.7. The summed E-state index contributed by atoms with van der Waals surface area (Å²) in [5.41, 5.74) is 19.9. The Hall–Kier alpha value is -10.5. The standard InChI is InChI=1S/C71H49N7/c1-48-70(77-64-28-16-14-26-58(64)62-46-72-40-38-68(62)77)42-50(43-71(48)78-65-29-17-15-27-59(65)63-47-73-41-39-69(63)78)49-30-32-55(33-31-49)76-66-36-34-56(74(51-18-6-2-7-19-51)52-20-8-3-9-21-52)44-60(66)61-45-57(35-37-67(61)76)75(53-22-10-4-11-23-53)54-24-12-5-13-25-54/h2-47H,1H3. The Morgan fingerprint density at radius 2 is 0.654 bits per heavy atom. The van der Waals surface area contributed by atoms with Crippen LogP contribution in [0.4, 0.5) is 34.1 Å². The SMILES string of the molecule is Cc1c(-n2c3ccccc3c3cnccc32)cc(-c2ccc(-n3c4ccc(N(c5ccccc5)c5ccccc5)cc4c4cc(N(c5ccccc5)c5ccccc5)ccc43)cc2)cc1-n1c2ccccc2c2cnccc21. The Bertz CT molecular complexity index is 4270. The van der Waals surface area contributed by atoms with E-state index in [0.717, 1.165) is 123 Å². The second kappa shape index (κ2) is 18.4. The summed E-state index contributed by atoms with van der Waals surface area (Å²) < 4.78 is 7.27. The van der Waals surface area contributed by atoms with E-state index in [0.29, 0.717) is 0 Å². The highest BCUT2D eigenvalue weighted by molar-refractivity contribution is 6.13. The second-order valence-corrected chi connectivity index (χ2v) is 19.9. The van der Waals surface area contributed by atoms with Gasteiger partial charge < -0.3 is 23.5 Å². The predicted molar refractivity (Wildman–Crippen MR) is 325 cm³/mol. The van der Waals surface area contributed by atoms with Crippen molar-refractivity contribution in [1.29, 1.82) is 0 Å². The van der Waals surface area contributed by atoms with E-state index in [-0.39, 0.29) is 0 Å². The minimum atomic E-state index is 1.07. The average Bonchev–Trinajstić information content (AvgIpc) is 4.31. The molecule has 0 aliphatic carbocycles. The number of pyridine rings is 2. The van der Waals surface area contributed by atoms with Gasteiger partial charge in [0.2, 0.25) is 0 Å². The molecule has 10 aromatic carbocycles. The minimum absolute atomic E-state index is 1.07. The smallest absolute Gasteiger partial charge is 0.0572 e. The zero-order valence-corrected chi connectivity index (χ0v) is 42.7. The fourth-order valence-electron chi connectivity index (χ4n) is 12.0. The Morgan fingerprint density at radius 1 is 0.282 bits per heavy atom. The maximum atomic E-state index is 4.60. The van der Waals surface area contributed by atoms with Gasteiger partial charge in [0.05, 0.1) is 44.5 Å². The Kier molecular flexibility index (Phi) is 10.6. The molecule has 7 heteroatoms. The molecule has 0 fully saturated rings. The molecule has 0 saturated heterocycles. The molecule has 0 bridgehead atoms. The number of benzene rings is 10. The van der Waals surface area contributed by atoms with Crippen molar-refractivity contribution in [2.45, 2.75) is 6.92 Å². The van der Waals surface area contributed by atoms with Gasteiger partial charge in [-0.2, -0.15) is 0 Å². The predicted octanol–water partition coefficient (Wildman–Crippen LogP) is 18.7. The maximum Gasteiger partial charge on any atom is 0.0572 e. The summed E-state index contributed by atoms with van der Waals surface area (Å²) in [4.78, 5) is 13.9. The van der Waals surface area contributed by atoms with Gasteiger partial charge in [-0.3, -0.25) is 9.97 Å². The molecule has 0 saturated carbocycles. The van der Waals surface area contributed by atoms with Gasteiger partial charge in [-0.1, -0.05) is 121 Å². The van der Waals surface area contributed by atoms with E-state index in [4.69, 9.17) is 0 Å². The molecule has 0 radical (unpaired) electrons. The summed E-state index contributed by atoms with van der Waals surface area (Å²) in [6.45, 7) is 2.26. The van der Waals surface area contributed by atoms with Crippen LogP contribution < -0.4 is 9.80 Å². The van der Waals surface area contributed by atoms with Crippen molar-refractivity contribution in [3.05, 3.63) is 285 Å². The van der Waals surface area contributed by atoms with Gasteiger partial charge >= 0.3 is 0 Å². The molecular formula is C71H49N7. The summed E-state index contributed by atoms with van der Waals surface area (Å²) >= 11 is 0. The lowest BCUT2D eigenvalue weighted by Crippen LogP contribution is -2.09. The molecule has 0 amide bonds. The highest BCUT2D eigenvalue weighted by Crippen LogP contribution is 2.44. The average molecular weight is 1000 g/mol. The van der Waals surface area contributed by atoms with Crippen molar-refractivity contribution < 1.29 is 0 Å². The number of hydrogen-bond donors (Lipinski definition) is 0. The van der Waals surface area contributed by atoms with Crippen molar-refractivity contribution in [2.24, 2.45) is 0 Å². The molecule has 0 aliphatic rings. The van der Waals surface area contributed by atoms with Crippen LogP contribution in [0, 0.1) is 6.92 Å². The topological polar surface area (TPSA) is 47.1 Å². The molecule has 0 atom stereocenters. The summed E-state index contributed by atoms with van der Waals surface area (Å²) in [6.07, 6.45) is 7.79. The summed E-state index contributed by atoms with van der Waals surface area (Å²) in [7, 11) is 0. The van der Waals surface area contributed by atoms with Crippen LogP contribution in [-0.4, -0.2) is 23.7 Å². The third-order valence-corrected chi connectivity index (χ3v) is 15.5. The second-order valence-electron chi connectivity index (χ2n) is 19.9. The fraction of sp³-hybridized carbons (Fsp3) is 0.0141. The number of aromatic nitrogens is 5. The van der Waals surface area contributed by atoms with Gasteiger partial charge in [-0.05, 0) is 157 Å². The zero-order chi connectivity index (χ0) is 51.7. The van der Waals surface area contributed by atoms with Crippen molar-refractivity contribution in [3.63, 3.8) is 0 Å². The molecule has 0 spiro atoms. The molecular weight excluding hydrogens is 951 g/mol. The van der Waals surface area contributed by atoms with Crippen LogP contribution in [0.5, 0.6) is 0 Å². The lowest BCUT2D eigenvalue weighted by Gasteiger charge is -2.26. The number of hydrogen-bond acceptors (Lipinski definition) is 4.